The molecule has 238 valence electrons. The Morgan fingerprint density at radius 1 is 0.894 bits per heavy atom. The predicted octanol–water partition coefficient (Wildman–Crippen LogP) is 8.39. The molecular weight excluding hydrogens is 685 g/mol. The predicted molar refractivity (Wildman–Crippen MR) is 186 cm³/mol. The number of benzene rings is 4. The number of thioether (sulfide) groups is 1. The van der Waals surface area contributed by atoms with Crippen LogP contribution in [0.2, 0.25) is 0 Å². The highest BCUT2D eigenvalue weighted by molar-refractivity contribution is 9.10. The van der Waals surface area contributed by atoms with E-state index >= 15 is 0 Å². The first-order valence-electron chi connectivity index (χ1n) is 14.4. The monoisotopic (exact) mass is 713 g/mol. The van der Waals surface area contributed by atoms with Gasteiger partial charge < -0.3 is 25.1 Å². The summed E-state index contributed by atoms with van der Waals surface area (Å²) in [6.45, 7) is 1.72. The number of hydrogen-bond donors (Lipinski definition) is 3. The maximum Gasteiger partial charge on any atom is 0.272 e. The van der Waals surface area contributed by atoms with Gasteiger partial charge in [0.1, 0.15) is 28.8 Å². The van der Waals surface area contributed by atoms with Crippen LogP contribution in [0.3, 0.4) is 0 Å². The van der Waals surface area contributed by atoms with Crippen molar-refractivity contribution in [1.82, 2.24) is 5.32 Å². The molecule has 3 amide bonds. The SMILES string of the molecule is COc1ccccc1-c1ccc(/C=C(\NC(=O)c2ccccc2)C(=O)Nc2ccc(S[C@H](C)C(=O)Nc3ccc(Br)cc3F)cc2)o1. The van der Waals surface area contributed by atoms with E-state index in [1.807, 2.05) is 24.3 Å². The summed E-state index contributed by atoms with van der Waals surface area (Å²) in [6, 6.07) is 30.7. The molecule has 0 fully saturated rings. The average Bonchev–Trinajstić information content (AvgIpc) is 3.55. The maximum atomic E-state index is 14.2. The van der Waals surface area contributed by atoms with Crippen LogP contribution >= 0.6 is 27.7 Å². The molecule has 5 aromatic rings. The first-order valence-corrected chi connectivity index (χ1v) is 16.0. The molecule has 1 aromatic heterocycles. The minimum absolute atomic E-state index is 0.0382. The number of carbonyl (C=O) groups excluding carboxylic acids is 3. The number of para-hydroxylation sites is 1. The molecule has 4 aromatic carbocycles. The number of ether oxygens (including phenoxy) is 1. The zero-order valence-electron chi connectivity index (χ0n) is 25.3. The molecule has 0 spiro atoms. The van der Waals surface area contributed by atoms with Gasteiger partial charge in [0.25, 0.3) is 11.8 Å². The van der Waals surface area contributed by atoms with Crippen molar-refractivity contribution >= 4 is 62.9 Å². The summed E-state index contributed by atoms with van der Waals surface area (Å²) in [5.74, 6) is -0.443. The lowest BCUT2D eigenvalue weighted by Crippen LogP contribution is -2.30. The van der Waals surface area contributed by atoms with Crippen LogP contribution in [0.25, 0.3) is 17.4 Å². The van der Waals surface area contributed by atoms with Crippen molar-refractivity contribution in [2.45, 2.75) is 17.1 Å². The average molecular weight is 715 g/mol. The largest absolute Gasteiger partial charge is 0.496 e. The van der Waals surface area contributed by atoms with Crippen LogP contribution in [0, 0.1) is 5.82 Å². The maximum absolute atomic E-state index is 14.2. The molecule has 0 unspecified atom stereocenters. The van der Waals surface area contributed by atoms with Gasteiger partial charge in [-0.05, 0) is 85.8 Å². The van der Waals surface area contributed by atoms with Gasteiger partial charge in [0, 0.05) is 26.7 Å². The Kier molecular flexibility index (Phi) is 10.9. The molecule has 3 N–H and O–H groups in total. The quantitative estimate of drug-likeness (QED) is 0.0937. The molecule has 1 heterocycles. The van der Waals surface area contributed by atoms with Gasteiger partial charge in [-0.3, -0.25) is 14.4 Å². The van der Waals surface area contributed by atoms with Gasteiger partial charge in [0.05, 0.1) is 23.6 Å². The molecule has 0 radical (unpaired) electrons. The zero-order valence-corrected chi connectivity index (χ0v) is 27.7. The van der Waals surface area contributed by atoms with Crippen LogP contribution in [-0.4, -0.2) is 30.1 Å². The second kappa shape index (κ2) is 15.4. The molecule has 11 heteroatoms. The molecule has 0 saturated heterocycles. The summed E-state index contributed by atoms with van der Waals surface area (Å²) in [5.41, 5.74) is 1.63. The summed E-state index contributed by atoms with van der Waals surface area (Å²) < 4.78 is 26.2. The second-order valence-corrected chi connectivity index (χ2v) is 12.5. The van der Waals surface area contributed by atoms with E-state index in [2.05, 4.69) is 31.9 Å². The summed E-state index contributed by atoms with van der Waals surface area (Å²) in [7, 11) is 1.57. The van der Waals surface area contributed by atoms with Gasteiger partial charge >= 0.3 is 0 Å². The summed E-state index contributed by atoms with van der Waals surface area (Å²) in [5, 5.41) is 7.57. The van der Waals surface area contributed by atoms with Gasteiger partial charge in [0.15, 0.2) is 0 Å². The van der Waals surface area contributed by atoms with E-state index in [0.717, 1.165) is 10.5 Å². The third-order valence-electron chi connectivity index (χ3n) is 6.80. The van der Waals surface area contributed by atoms with Gasteiger partial charge in [-0.1, -0.05) is 46.3 Å². The lowest BCUT2D eigenvalue weighted by atomic mass is 10.1. The minimum Gasteiger partial charge on any atom is -0.496 e. The van der Waals surface area contributed by atoms with Crippen LogP contribution in [0.4, 0.5) is 15.8 Å². The number of furan rings is 1. The fourth-order valence-electron chi connectivity index (χ4n) is 4.41. The molecule has 8 nitrogen and oxygen atoms in total. The van der Waals surface area contributed by atoms with E-state index < -0.39 is 22.9 Å². The van der Waals surface area contributed by atoms with E-state index in [1.165, 1.54) is 30.0 Å². The van der Waals surface area contributed by atoms with E-state index in [9.17, 15) is 18.8 Å². The molecule has 5 rings (SSSR count). The number of amides is 3. The smallest absolute Gasteiger partial charge is 0.272 e. The fraction of sp³-hybridized carbons (Fsp3) is 0.0833. The van der Waals surface area contributed by atoms with Gasteiger partial charge in [-0.15, -0.1) is 11.8 Å². The summed E-state index contributed by atoms with van der Waals surface area (Å²) in [4.78, 5) is 39.9. The standard InChI is InChI=1S/C36H29BrFN3O5S/c1-22(34(42)40-30-18-12-24(37)20-29(30)38)47-27-16-13-25(14-17-27)39-36(44)31(41-35(43)23-8-4-3-5-9-23)21-26-15-19-33(46-26)28-10-6-7-11-32(28)45-2/h3-22H,1-2H3,(H,39,44)(H,40,42)(H,41,43)/b31-21-/t22-/m1/s1. The van der Waals surface area contributed by atoms with Crippen molar-refractivity contribution in [1.29, 1.82) is 0 Å². The first-order chi connectivity index (χ1) is 22.7. The number of hydrogen-bond acceptors (Lipinski definition) is 6. The molecule has 1 atom stereocenters. The highest BCUT2D eigenvalue weighted by Crippen LogP contribution is 2.32. The number of carbonyl (C=O) groups is 3. The lowest BCUT2D eigenvalue weighted by molar-refractivity contribution is -0.115. The Bertz CT molecular complexity index is 1930. The van der Waals surface area contributed by atoms with Crippen LogP contribution in [0.15, 0.2) is 129 Å². The van der Waals surface area contributed by atoms with Gasteiger partial charge in [-0.25, -0.2) is 4.39 Å². The van der Waals surface area contributed by atoms with Crippen LogP contribution < -0.4 is 20.7 Å². The van der Waals surface area contributed by atoms with Crippen molar-refractivity contribution in [2.75, 3.05) is 17.7 Å². The minimum atomic E-state index is -0.575. The topological polar surface area (TPSA) is 110 Å². The Hall–Kier alpha value is -5.13. The van der Waals surface area contributed by atoms with Crippen LogP contribution in [0.1, 0.15) is 23.0 Å². The molecule has 0 saturated carbocycles. The Labute approximate surface area is 283 Å². The Morgan fingerprint density at radius 3 is 2.34 bits per heavy atom. The van der Waals surface area contributed by atoms with Gasteiger partial charge in [-0.2, -0.15) is 0 Å². The van der Waals surface area contributed by atoms with E-state index in [4.69, 9.17) is 9.15 Å². The molecule has 0 bridgehead atoms. The van der Waals surface area contributed by atoms with Crippen LogP contribution in [0.5, 0.6) is 5.75 Å². The third kappa shape index (κ3) is 8.78. The van der Waals surface area contributed by atoms with Crippen molar-refractivity contribution in [3.05, 3.63) is 137 Å². The summed E-state index contributed by atoms with van der Waals surface area (Å²) >= 11 is 4.48. The zero-order chi connectivity index (χ0) is 33.3. The number of anilines is 2. The number of methoxy groups -OCH3 is 1. The molecule has 47 heavy (non-hydrogen) atoms. The Balaban J connectivity index is 1.30. The fourth-order valence-corrected chi connectivity index (χ4v) is 5.61. The highest BCUT2D eigenvalue weighted by atomic mass is 79.9. The second-order valence-electron chi connectivity index (χ2n) is 10.1. The first kappa shape index (κ1) is 33.2. The number of nitrogens with one attached hydrogen (secondary N) is 3. The van der Waals surface area contributed by atoms with E-state index in [0.29, 0.717) is 33.0 Å². The lowest BCUT2D eigenvalue weighted by Gasteiger charge is -2.14. The molecule has 0 aliphatic rings. The molecular formula is C36H29BrFN3O5S. The number of rotatable bonds is 11. The third-order valence-corrected chi connectivity index (χ3v) is 8.40. The highest BCUT2D eigenvalue weighted by Gasteiger charge is 2.19. The van der Waals surface area contributed by atoms with Crippen molar-refractivity contribution in [3.8, 4) is 17.1 Å². The van der Waals surface area contributed by atoms with Crippen molar-refractivity contribution in [2.24, 2.45) is 0 Å². The van der Waals surface area contributed by atoms with Crippen molar-refractivity contribution in [3.63, 3.8) is 0 Å². The van der Waals surface area contributed by atoms with E-state index in [1.54, 1.807) is 86.8 Å². The molecule has 0 aliphatic carbocycles. The summed E-state index contributed by atoms with van der Waals surface area (Å²) in [6.07, 6.45) is 1.45. The van der Waals surface area contributed by atoms with E-state index in [-0.39, 0.29) is 17.3 Å². The normalized spacial score (nSPS) is 11.8. The van der Waals surface area contributed by atoms with Crippen molar-refractivity contribution < 1.29 is 27.9 Å². The van der Waals surface area contributed by atoms with Gasteiger partial charge in [0.2, 0.25) is 5.91 Å². The number of halogens is 2. The Morgan fingerprint density at radius 2 is 1.62 bits per heavy atom. The molecule has 0 aliphatic heterocycles. The van der Waals surface area contributed by atoms with Crippen LogP contribution in [-0.2, 0) is 9.59 Å².